The molecule has 0 N–H and O–H groups in total. The maximum atomic E-state index is 10.2. The molecule has 0 aliphatic rings. The van der Waals surface area contributed by atoms with Crippen LogP contribution in [0.15, 0.2) is 72.4 Å². The standard InChI is InChI=1S/C18H24O2/c1-7-15(4)18(10-11-20-13-19)12-17(6)16(5)9-8-14(2)3/h8-9,12-13H,2,4-7,10-11H2,1,3H3/b9-8-,18-12-. The fourth-order valence-corrected chi connectivity index (χ4v) is 1.45. The van der Waals surface area contributed by atoms with E-state index in [4.69, 9.17) is 4.74 Å². The molecule has 0 unspecified atom stereocenters. The number of allylic oxidation sites excluding steroid dienone is 7. The fraction of sp³-hybridized carbons (Fsp3) is 0.278. The Morgan fingerprint density at radius 2 is 1.75 bits per heavy atom. The van der Waals surface area contributed by atoms with E-state index in [2.05, 4.69) is 26.3 Å². The fourth-order valence-electron chi connectivity index (χ4n) is 1.45. The van der Waals surface area contributed by atoms with Crippen LogP contribution in [0.1, 0.15) is 26.7 Å². The molecule has 0 saturated heterocycles. The summed E-state index contributed by atoms with van der Waals surface area (Å²) in [6.45, 7) is 20.6. The molecule has 0 atom stereocenters. The third kappa shape index (κ3) is 7.37. The van der Waals surface area contributed by atoms with Gasteiger partial charge in [0.1, 0.15) is 0 Å². The predicted molar refractivity (Wildman–Crippen MR) is 86.4 cm³/mol. The number of carbonyl (C=O) groups excluding carboxylic acids is 1. The Morgan fingerprint density at radius 1 is 1.10 bits per heavy atom. The van der Waals surface area contributed by atoms with Gasteiger partial charge in [-0.3, -0.25) is 4.79 Å². The van der Waals surface area contributed by atoms with E-state index in [1.165, 1.54) is 0 Å². The van der Waals surface area contributed by atoms with Crippen molar-refractivity contribution >= 4 is 6.47 Å². The molecule has 0 amide bonds. The van der Waals surface area contributed by atoms with E-state index in [0.29, 0.717) is 19.5 Å². The van der Waals surface area contributed by atoms with Crippen molar-refractivity contribution in [3.63, 3.8) is 0 Å². The first kappa shape index (κ1) is 17.9. The summed E-state index contributed by atoms with van der Waals surface area (Å²) in [5.74, 6) is 0. The Kier molecular flexibility index (Phi) is 8.77. The maximum absolute atomic E-state index is 10.2. The van der Waals surface area contributed by atoms with Crippen LogP contribution in [0.3, 0.4) is 0 Å². The molecular formula is C18H24O2. The van der Waals surface area contributed by atoms with E-state index in [0.717, 1.165) is 34.3 Å². The zero-order chi connectivity index (χ0) is 15.5. The second-order valence-corrected chi connectivity index (χ2v) is 4.57. The summed E-state index contributed by atoms with van der Waals surface area (Å²) >= 11 is 0. The molecule has 0 aromatic carbocycles. The second kappa shape index (κ2) is 9.79. The van der Waals surface area contributed by atoms with Gasteiger partial charge in [-0.05, 0) is 30.1 Å². The lowest BCUT2D eigenvalue weighted by molar-refractivity contribution is -0.128. The summed E-state index contributed by atoms with van der Waals surface area (Å²) in [7, 11) is 0. The van der Waals surface area contributed by atoms with Gasteiger partial charge in [0.2, 0.25) is 0 Å². The molecule has 0 radical (unpaired) electrons. The molecule has 0 aromatic heterocycles. The van der Waals surface area contributed by atoms with Crippen LogP contribution in [-0.4, -0.2) is 13.1 Å². The molecule has 2 nitrogen and oxygen atoms in total. The summed E-state index contributed by atoms with van der Waals surface area (Å²) in [5.41, 5.74) is 4.64. The molecule has 2 heteroatoms. The summed E-state index contributed by atoms with van der Waals surface area (Å²) < 4.78 is 4.74. The van der Waals surface area contributed by atoms with Crippen molar-refractivity contribution in [1.82, 2.24) is 0 Å². The van der Waals surface area contributed by atoms with Gasteiger partial charge in [0.25, 0.3) is 6.47 Å². The summed E-state index contributed by atoms with van der Waals surface area (Å²) in [6, 6.07) is 0. The van der Waals surface area contributed by atoms with Gasteiger partial charge in [-0.15, -0.1) is 0 Å². The van der Waals surface area contributed by atoms with Gasteiger partial charge >= 0.3 is 0 Å². The largest absolute Gasteiger partial charge is 0.468 e. The smallest absolute Gasteiger partial charge is 0.293 e. The molecular weight excluding hydrogens is 248 g/mol. The van der Waals surface area contributed by atoms with Crippen LogP contribution in [0.25, 0.3) is 0 Å². The van der Waals surface area contributed by atoms with Crippen molar-refractivity contribution in [2.45, 2.75) is 26.7 Å². The summed E-state index contributed by atoms with van der Waals surface area (Å²) in [6.07, 6.45) is 7.20. The van der Waals surface area contributed by atoms with E-state index in [9.17, 15) is 4.79 Å². The van der Waals surface area contributed by atoms with E-state index < -0.39 is 0 Å². The highest BCUT2D eigenvalue weighted by atomic mass is 16.5. The summed E-state index contributed by atoms with van der Waals surface area (Å²) in [4.78, 5) is 10.2. The number of hydrogen-bond donors (Lipinski definition) is 0. The van der Waals surface area contributed by atoms with E-state index in [-0.39, 0.29) is 0 Å². The Labute approximate surface area is 122 Å². The maximum Gasteiger partial charge on any atom is 0.293 e. The lowest BCUT2D eigenvalue weighted by Crippen LogP contribution is -1.97. The highest BCUT2D eigenvalue weighted by Crippen LogP contribution is 2.20. The Morgan fingerprint density at radius 3 is 2.25 bits per heavy atom. The summed E-state index contributed by atoms with van der Waals surface area (Å²) in [5, 5.41) is 0. The first-order chi connectivity index (χ1) is 9.42. The minimum atomic E-state index is 0.343. The van der Waals surface area contributed by atoms with Crippen LogP contribution < -0.4 is 0 Å². The minimum absolute atomic E-state index is 0.343. The predicted octanol–water partition coefficient (Wildman–Crippen LogP) is 4.69. The van der Waals surface area contributed by atoms with Gasteiger partial charge in [0.05, 0.1) is 6.61 Å². The number of carbonyl (C=O) groups is 1. The zero-order valence-electron chi connectivity index (χ0n) is 12.6. The number of rotatable bonds is 10. The van der Waals surface area contributed by atoms with Crippen molar-refractivity contribution in [2.75, 3.05) is 6.61 Å². The highest BCUT2D eigenvalue weighted by Gasteiger charge is 2.03. The molecule has 0 heterocycles. The highest BCUT2D eigenvalue weighted by molar-refractivity contribution is 5.48. The average molecular weight is 272 g/mol. The third-order valence-corrected chi connectivity index (χ3v) is 2.77. The normalized spacial score (nSPS) is 11.2. The first-order valence-electron chi connectivity index (χ1n) is 6.58. The molecule has 0 rings (SSSR count). The van der Waals surface area contributed by atoms with Gasteiger partial charge in [0.15, 0.2) is 0 Å². The minimum Gasteiger partial charge on any atom is -0.468 e. The van der Waals surface area contributed by atoms with Gasteiger partial charge in [0, 0.05) is 6.42 Å². The molecule has 108 valence electrons. The molecule has 0 aromatic rings. The average Bonchev–Trinajstić information content (AvgIpc) is 2.42. The molecule has 0 saturated carbocycles. The number of ether oxygens (including phenoxy) is 1. The number of hydrogen-bond acceptors (Lipinski definition) is 2. The van der Waals surface area contributed by atoms with Crippen molar-refractivity contribution < 1.29 is 9.53 Å². The monoisotopic (exact) mass is 272 g/mol. The SMILES string of the molecule is C=C(C)/C=C\C(=C)C(=C)/C=C(/CCOC=O)C(=C)CC. The van der Waals surface area contributed by atoms with Crippen molar-refractivity contribution in [3.8, 4) is 0 Å². The quantitative estimate of drug-likeness (QED) is 0.328. The van der Waals surface area contributed by atoms with Crippen LogP contribution in [0, 0.1) is 0 Å². The van der Waals surface area contributed by atoms with Crippen LogP contribution in [0.5, 0.6) is 0 Å². The van der Waals surface area contributed by atoms with Crippen LogP contribution in [0.2, 0.25) is 0 Å². The van der Waals surface area contributed by atoms with Crippen molar-refractivity contribution in [2.24, 2.45) is 0 Å². The second-order valence-electron chi connectivity index (χ2n) is 4.57. The molecule has 0 bridgehead atoms. The van der Waals surface area contributed by atoms with Gasteiger partial charge in [-0.25, -0.2) is 0 Å². The van der Waals surface area contributed by atoms with Crippen molar-refractivity contribution in [1.29, 1.82) is 0 Å². The van der Waals surface area contributed by atoms with E-state index in [1.807, 2.05) is 32.1 Å². The van der Waals surface area contributed by atoms with Crippen LogP contribution in [-0.2, 0) is 9.53 Å². The third-order valence-electron chi connectivity index (χ3n) is 2.77. The van der Waals surface area contributed by atoms with Crippen molar-refractivity contribution in [3.05, 3.63) is 72.4 Å². The lowest BCUT2D eigenvalue weighted by atomic mass is 9.97. The molecule has 0 spiro atoms. The van der Waals surface area contributed by atoms with Crippen LogP contribution in [0.4, 0.5) is 0 Å². The van der Waals surface area contributed by atoms with E-state index in [1.54, 1.807) is 0 Å². The topological polar surface area (TPSA) is 26.3 Å². The Hall–Kier alpha value is -2.09. The molecule has 20 heavy (non-hydrogen) atoms. The van der Waals surface area contributed by atoms with Crippen LogP contribution >= 0.6 is 0 Å². The van der Waals surface area contributed by atoms with Gasteiger partial charge in [-0.2, -0.15) is 0 Å². The van der Waals surface area contributed by atoms with Gasteiger partial charge in [-0.1, -0.05) is 62.6 Å². The zero-order valence-corrected chi connectivity index (χ0v) is 12.6. The lowest BCUT2D eigenvalue weighted by Gasteiger charge is -2.10. The van der Waals surface area contributed by atoms with Gasteiger partial charge < -0.3 is 4.74 Å². The first-order valence-corrected chi connectivity index (χ1v) is 6.58. The molecule has 0 fully saturated rings. The molecule has 0 aliphatic carbocycles. The molecule has 0 aliphatic heterocycles. The Balaban J connectivity index is 4.91. The van der Waals surface area contributed by atoms with E-state index >= 15 is 0 Å². The Bertz CT molecular complexity index is 462.